The highest BCUT2D eigenvalue weighted by Gasteiger charge is 2.42. The lowest BCUT2D eigenvalue weighted by Gasteiger charge is -2.26. The summed E-state index contributed by atoms with van der Waals surface area (Å²) in [6, 6.07) is 17.7. The van der Waals surface area contributed by atoms with Crippen LogP contribution in [-0.4, -0.2) is 49.5 Å². The molecule has 15 heteroatoms. The first-order valence-electron chi connectivity index (χ1n) is 12.3. The van der Waals surface area contributed by atoms with Crippen molar-refractivity contribution in [1.29, 1.82) is 0 Å². The zero-order valence-corrected chi connectivity index (χ0v) is 23.4. The average Bonchev–Trinajstić information content (AvgIpc) is 3.32. The van der Waals surface area contributed by atoms with Crippen molar-refractivity contribution < 1.29 is 33.5 Å². The highest BCUT2D eigenvalue weighted by atomic mass is 31.2. The van der Waals surface area contributed by atoms with Crippen LogP contribution in [0.3, 0.4) is 0 Å². The number of hydrogen-bond donors (Lipinski definition) is 6. The van der Waals surface area contributed by atoms with E-state index in [-0.39, 0.29) is 23.6 Å². The highest BCUT2D eigenvalue weighted by Crippen LogP contribution is 2.40. The van der Waals surface area contributed by atoms with E-state index in [0.717, 1.165) is 23.3 Å². The van der Waals surface area contributed by atoms with Crippen LogP contribution >= 0.6 is 15.2 Å². The largest absolute Gasteiger partial charge is 0.386 e. The van der Waals surface area contributed by atoms with Crippen LogP contribution in [-0.2, 0) is 15.7 Å². The van der Waals surface area contributed by atoms with Crippen LogP contribution in [0.5, 0.6) is 0 Å². The molecule has 0 aromatic heterocycles. The molecule has 13 nitrogen and oxygen atoms in total. The van der Waals surface area contributed by atoms with Gasteiger partial charge < -0.3 is 30.6 Å². The number of anilines is 1. The first kappa shape index (κ1) is 28.6. The quantitative estimate of drug-likeness (QED) is 0.215. The molecule has 5 rings (SSSR count). The lowest BCUT2D eigenvalue weighted by atomic mass is 9.93. The van der Waals surface area contributed by atoms with Crippen LogP contribution in [0.2, 0.25) is 0 Å². The molecule has 3 aromatic carbocycles. The predicted octanol–water partition coefficient (Wildman–Crippen LogP) is 1.10. The van der Waals surface area contributed by atoms with E-state index in [1.54, 1.807) is 29.3 Å². The minimum atomic E-state index is -5.00. The monoisotopic (exact) mass is 596 g/mol. The molecular weight excluding hydrogens is 570 g/mol. The molecular formula is C26H26N6O7P2. The average molecular weight is 596 g/mol. The lowest BCUT2D eigenvalue weighted by molar-refractivity contribution is 0.0951. The van der Waals surface area contributed by atoms with Gasteiger partial charge in [-0.25, -0.2) is 15.0 Å². The summed E-state index contributed by atoms with van der Waals surface area (Å²) in [5.74, 6) is -0.505. The Balaban J connectivity index is 1.39. The minimum Gasteiger partial charge on any atom is -0.386 e. The molecule has 2 unspecified atom stereocenters. The van der Waals surface area contributed by atoms with E-state index in [1.165, 1.54) is 12.4 Å². The van der Waals surface area contributed by atoms with Gasteiger partial charge in [0.05, 0.1) is 22.0 Å². The zero-order valence-electron chi connectivity index (χ0n) is 21.6. The second kappa shape index (κ2) is 10.8. The molecule has 0 saturated carbocycles. The van der Waals surface area contributed by atoms with Crippen molar-refractivity contribution in [2.45, 2.75) is 19.6 Å². The number of hydrazone groups is 1. The molecule has 2 aliphatic heterocycles. The van der Waals surface area contributed by atoms with E-state index >= 15 is 0 Å². The number of carbonyl (C=O) groups is 1. The molecule has 212 valence electrons. The van der Waals surface area contributed by atoms with Gasteiger partial charge in [0, 0.05) is 12.1 Å². The van der Waals surface area contributed by atoms with Crippen LogP contribution in [0.15, 0.2) is 81.8 Å². The first-order valence-corrected chi connectivity index (χ1v) is 15.5. The smallest absolute Gasteiger partial charge is 0.357 e. The number of benzene rings is 3. The van der Waals surface area contributed by atoms with Crippen molar-refractivity contribution in [3.63, 3.8) is 0 Å². The van der Waals surface area contributed by atoms with Crippen molar-refractivity contribution in [3.05, 3.63) is 89.0 Å². The number of fused-ring (bicyclic) bond motifs is 1. The topological polar surface area (TPSA) is 211 Å². The van der Waals surface area contributed by atoms with Crippen LogP contribution in [0.1, 0.15) is 27.0 Å². The van der Waals surface area contributed by atoms with Crippen molar-refractivity contribution in [2.75, 3.05) is 5.01 Å². The number of nitrogens with two attached hydrogens (primary N) is 1. The maximum atomic E-state index is 13.0. The number of amidine groups is 1. The number of carbonyl (C=O) groups excluding carboxylic acids is 1. The van der Waals surface area contributed by atoms with Gasteiger partial charge in [0.15, 0.2) is 6.17 Å². The summed E-state index contributed by atoms with van der Waals surface area (Å²) < 4.78 is 23.5. The first-order chi connectivity index (χ1) is 19.3. The van der Waals surface area contributed by atoms with Gasteiger partial charge >= 0.3 is 15.2 Å². The minimum absolute atomic E-state index is 0.154. The number of aliphatic imine (C=N–C) groups is 2. The fraction of sp³-hybridized carbons (Fsp3) is 0.154. The third kappa shape index (κ3) is 5.91. The Morgan fingerprint density at radius 1 is 0.976 bits per heavy atom. The summed E-state index contributed by atoms with van der Waals surface area (Å²) in [6.45, 7) is 1.83. The Bertz CT molecular complexity index is 1710. The summed E-state index contributed by atoms with van der Waals surface area (Å²) in [4.78, 5) is 59.8. The standard InChI is InChI=1S/C26H26N6O7P2/c1-15-5-8-17(9-6-15)23-22-24(27)29-14-30-25(22)32(31-23)19-4-2-3-18(12-19)26(33)28-13-16-7-10-20(40(34,35)36)21(11-16)41(37,38)39/h2-12,14,22,25H,13H2,1H3,(H,28,33)(H2,27,29,30)(H2,34,35,36)(H2,37,38,39). The molecule has 2 atom stereocenters. The maximum absolute atomic E-state index is 13.0. The van der Waals surface area contributed by atoms with E-state index in [4.69, 9.17) is 10.8 Å². The number of rotatable bonds is 7. The number of nitrogens with one attached hydrogen (secondary N) is 1. The van der Waals surface area contributed by atoms with E-state index in [0.29, 0.717) is 17.2 Å². The summed E-state index contributed by atoms with van der Waals surface area (Å²) in [6.07, 6.45) is 0.887. The third-order valence-corrected chi connectivity index (χ3v) is 8.84. The van der Waals surface area contributed by atoms with Gasteiger partial charge in [-0.1, -0.05) is 42.0 Å². The molecule has 3 aromatic rings. The Morgan fingerprint density at radius 3 is 2.37 bits per heavy atom. The van der Waals surface area contributed by atoms with Gasteiger partial charge in [-0.3, -0.25) is 13.9 Å². The SMILES string of the molecule is Cc1ccc(C2=NN(c3cccc(C(=O)NCc4ccc(P(=O)(O)O)c(P(=O)(O)O)c4)c3)C3N=CN=C(N)C23)cc1. The molecule has 1 amide bonds. The molecule has 2 heterocycles. The molecule has 0 aliphatic carbocycles. The highest BCUT2D eigenvalue weighted by molar-refractivity contribution is 7.67. The lowest BCUT2D eigenvalue weighted by Crippen LogP contribution is -2.42. The second-order valence-corrected chi connectivity index (χ2v) is 12.7. The number of aryl methyl sites for hydroxylation is 1. The van der Waals surface area contributed by atoms with E-state index in [1.807, 2.05) is 31.2 Å². The van der Waals surface area contributed by atoms with Crippen LogP contribution in [0, 0.1) is 12.8 Å². The summed E-state index contributed by atoms with van der Waals surface area (Å²) >= 11 is 0. The van der Waals surface area contributed by atoms with Crippen molar-refractivity contribution in [3.8, 4) is 0 Å². The second-order valence-electron chi connectivity index (χ2n) is 9.55. The Morgan fingerprint density at radius 2 is 1.68 bits per heavy atom. The molecule has 7 N–H and O–H groups in total. The Hall–Kier alpha value is -3.96. The van der Waals surface area contributed by atoms with Gasteiger partial charge in [-0.05, 0) is 48.4 Å². The third-order valence-electron chi connectivity index (χ3n) is 6.64. The summed E-state index contributed by atoms with van der Waals surface area (Å²) in [5, 5.41) is 7.61. The maximum Gasteiger partial charge on any atom is 0.357 e. The van der Waals surface area contributed by atoms with E-state index in [9.17, 15) is 33.5 Å². The van der Waals surface area contributed by atoms with Gasteiger partial charge in [-0.15, -0.1) is 0 Å². The van der Waals surface area contributed by atoms with E-state index in [2.05, 4.69) is 15.3 Å². The fourth-order valence-electron chi connectivity index (χ4n) is 4.62. The predicted molar refractivity (Wildman–Crippen MR) is 155 cm³/mol. The number of nitrogens with zero attached hydrogens (tertiary/aromatic N) is 4. The Kier molecular flexibility index (Phi) is 7.52. The van der Waals surface area contributed by atoms with Gasteiger partial charge in [-0.2, -0.15) is 5.10 Å². The molecule has 0 fully saturated rings. The molecule has 2 aliphatic rings. The van der Waals surface area contributed by atoms with Gasteiger partial charge in [0.2, 0.25) is 0 Å². The normalized spacial score (nSPS) is 18.5. The summed E-state index contributed by atoms with van der Waals surface area (Å²) in [7, 11) is -9.94. The van der Waals surface area contributed by atoms with Crippen LogP contribution in [0.4, 0.5) is 5.69 Å². The molecule has 0 bridgehead atoms. The number of amides is 1. The number of hydrogen-bond acceptors (Lipinski definition) is 8. The van der Waals surface area contributed by atoms with Crippen molar-refractivity contribution in [2.24, 2.45) is 26.7 Å². The molecule has 0 spiro atoms. The van der Waals surface area contributed by atoms with E-state index < -0.39 is 37.9 Å². The fourth-order valence-corrected chi connectivity index (χ4v) is 6.74. The molecule has 41 heavy (non-hydrogen) atoms. The Labute approximate surface area is 234 Å². The van der Waals surface area contributed by atoms with Gasteiger partial charge in [0.1, 0.15) is 18.1 Å². The molecule has 0 saturated heterocycles. The van der Waals surface area contributed by atoms with Crippen LogP contribution in [0.25, 0.3) is 0 Å². The van der Waals surface area contributed by atoms with Crippen molar-refractivity contribution >= 4 is 55.3 Å². The summed E-state index contributed by atoms with van der Waals surface area (Å²) in [5.41, 5.74) is 10.0. The van der Waals surface area contributed by atoms with Crippen molar-refractivity contribution in [1.82, 2.24) is 5.32 Å². The van der Waals surface area contributed by atoms with Crippen LogP contribution < -0.4 is 26.7 Å². The zero-order chi connectivity index (χ0) is 29.5. The van der Waals surface area contributed by atoms with Gasteiger partial charge in [0.25, 0.3) is 5.91 Å². The molecule has 0 radical (unpaired) electrons.